The van der Waals surface area contributed by atoms with Crippen molar-refractivity contribution >= 4 is 0 Å². The van der Waals surface area contributed by atoms with Crippen molar-refractivity contribution in [1.82, 2.24) is 0 Å². The molecule has 0 radical (unpaired) electrons. The quantitative estimate of drug-likeness (QED) is 0.562. The van der Waals surface area contributed by atoms with Gasteiger partial charge in [0.15, 0.2) is 6.29 Å². The Labute approximate surface area is 71.1 Å². The molecule has 4 atom stereocenters. The van der Waals surface area contributed by atoms with Gasteiger partial charge in [-0.25, -0.2) is 0 Å². The fraction of sp³-hybridized carbons (Fsp3) is 1.00. The SMILES string of the molecule is CC[C@@H]1OC[C@@]2(O)CO[C@H](O)[C@@H]12. The van der Waals surface area contributed by atoms with Gasteiger partial charge in [0.25, 0.3) is 0 Å². The largest absolute Gasteiger partial charge is 0.384 e. The van der Waals surface area contributed by atoms with Gasteiger partial charge in [-0.1, -0.05) is 6.92 Å². The van der Waals surface area contributed by atoms with Gasteiger partial charge in [0.05, 0.1) is 25.2 Å². The van der Waals surface area contributed by atoms with E-state index in [1.54, 1.807) is 0 Å². The lowest BCUT2D eigenvalue weighted by molar-refractivity contribution is -0.108. The highest BCUT2D eigenvalue weighted by molar-refractivity contribution is 5.01. The molecule has 0 unspecified atom stereocenters. The summed E-state index contributed by atoms with van der Waals surface area (Å²) in [5.74, 6) is -0.262. The van der Waals surface area contributed by atoms with E-state index in [-0.39, 0.29) is 25.2 Å². The molecule has 2 N–H and O–H groups in total. The molecule has 2 rings (SSSR count). The third-order valence-corrected chi connectivity index (χ3v) is 2.78. The van der Waals surface area contributed by atoms with Crippen molar-refractivity contribution in [2.45, 2.75) is 31.3 Å². The summed E-state index contributed by atoms with van der Waals surface area (Å²) in [7, 11) is 0. The van der Waals surface area contributed by atoms with E-state index in [1.807, 2.05) is 6.92 Å². The zero-order chi connectivity index (χ0) is 8.77. The first kappa shape index (κ1) is 8.44. The molecular weight excluding hydrogens is 160 g/mol. The summed E-state index contributed by atoms with van der Waals surface area (Å²) in [6, 6.07) is 0. The lowest BCUT2D eigenvalue weighted by atomic mass is 9.88. The molecule has 4 heteroatoms. The molecule has 2 aliphatic rings. The van der Waals surface area contributed by atoms with Crippen LogP contribution in [0.1, 0.15) is 13.3 Å². The molecule has 0 aliphatic carbocycles. The van der Waals surface area contributed by atoms with Crippen molar-refractivity contribution in [3.63, 3.8) is 0 Å². The molecule has 4 nitrogen and oxygen atoms in total. The number of fused-ring (bicyclic) bond motifs is 1. The van der Waals surface area contributed by atoms with Crippen molar-refractivity contribution in [2.24, 2.45) is 5.92 Å². The minimum atomic E-state index is -0.944. The molecule has 12 heavy (non-hydrogen) atoms. The van der Waals surface area contributed by atoms with Gasteiger partial charge in [0, 0.05) is 0 Å². The molecule has 2 aliphatic heterocycles. The minimum Gasteiger partial charge on any atom is -0.384 e. The average molecular weight is 174 g/mol. The molecule has 0 amide bonds. The molecule has 0 bridgehead atoms. The Morgan fingerprint density at radius 2 is 2.08 bits per heavy atom. The monoisotopic (exact) mass is 174 g/mol. The highest BCUT2D eigenvalue weighted by Crippen LogP contribution is 2.40. The van der Waals surface area contributed by atoms with Crippen LogP contribution in [0.15, 0.2) is 0 Å². The Hall–Kier alpha value is -0.160. The summed E-state index contributed by atoms with van der Waals surface area (Å²) >= 11 is 0. The van der Waals surface area contributed by atoms with E-state index in [4.69, 9.17) is 9.47 Å². The van der Waals surface area contributed by atoms with E-state index in [0.29, 0.717) is 0 Å². The van der Waals surface area contributed by atoms with E-state index in [0.717, 1.165) is 6.42 Å². The molecule has 2 heterocycles. The van der Waals surface area contributed by atoms with E-state index in [1.165, 1.54) is 0 Å². The van der Waals surface area contributed by atoms with Crippen LogP contribution in [0.25, 0.3) is 0 Å². The van der Waals surface area contributed by atoms with Crippen LogP contribution in [0.3, 0.4) is 0 Å². The first-order chi connectivity index (χ1) is 5.67. The van der Waals surface area contributed by atoms with E-state index in [2.05, 4.69) is 0 Å². The lowest BCUT2D eigenvalue weighted by Gasteiger charge is -2.21. The van der Waals surface area contributed by atoms with Gasteiger partial charge in [0.1, 0.15) is 5.60 Å². The second kappa shape index (κ2) is 2.67. The van der Waals surface area contributed by atoms with Gasteiger partial charge in [-0.15, -0.1) is 0 Å². The smallest absolute Gasteiger partial charge is 0.162 e. The number of aliphatic hydroxyl groups is 2. The van der Waals surface area contributed by atoms with Crippen molar-refractivity contribution < 1.29 is 19.7 Å². The first-order valence-electron chi connectivity index (χ1n) is 4.31. The van der Waals surface area contributed by atoms with Crippen LogP contribution in [0.2, 0.25) is 0 Å². The second-order valence-corrected chi connectivity index (χ2v) is 3.59. The van der Waals surface area contributed by atoms with Crippen molar-refractivity contribution in [3.05, 3.63) is 0 Å². The van der Waals surface area contributed by atoms with Crippen LogP contribution in [0.5, 0.6) is 0 Å². The number of ether oxygens (including phenoxy) is 2. The summed E-state index contributed by atoms with van der Waals surface area (Å²) in [5.41, 5.74) is -0.944. The van der Waals surface area contributed by atoms with Crippen LogP contribution in [-0.4, -0.2) is 41.4 Å². The average Bonchev–Trinajstić information content (AvgIpc) is 2.51. The molecule has 0 aromatic heterocycles. The Balaban J connectivity index is 2.18. The molecule has 2 saturated heterocycles. The van der Waals surface area contributed by atoms with Crippen molar-refractivity contribution in [1.29, 1.82) is 0 Å². The highest BCUT2D eigenvalue weighted by atomic mass is 16.6. The van der Waals surface area contributed by atoms with Crippen LogP contribution in [0.4, 0.5) is 0 Å². The normalized spacial score (nSPS) is 52.8. The van der Waals surface area contributed by atoms with Crippen molar-refractivity contribution in [2.75, 3.05) is 13.2 Å². The lowest BCUT2D eigenvalue weighted by Crippen LogP contribution is -2.40. The zero-order valence-corrected chi connectivity index (χ0v) is 7.06. The number of rotatable bonds is 1. The molecule has 2 fully saturated rings. The van der Waals surface area contributed by atoms with E-state index < -0.39 is 11.9 Å². The van der Waals surface area contributed by atoms with Gasteiger partial charge in [-0.3, -0.25) is 0 Å². The predicted molar refractivity (Wildman–Crippen MR) is 40.4 cm³/mol. The maximum atomic E-state index is 9.89. The van der Waals surface area contributed by atoms with E-state index in [9.17, 15) is 10.2 Å². The number of aliphatic hydroxyl groups excluding tert-OH is 1. The summed E-state index contributed by atoms with van der Waals surface area (Å²) in [5, 5.41) is 19.3. The zero-order valence-electron chi connectivity index (χ0n) is 7.06. The standard InChI is InChI=1S/C8H14O4/c1-2-5-6-7(9)12-4-8(6,10)3-11-5/h5-7,9-10H,2-4H2,1H3/t5-,6+,7-,8+/m0/s1. The maximum absolute atomic E-state index is 9.89. The van der Waals surface area contributed by atoms with Gasteiger partial charge < -0.3 is 19.7 Å². The van der Waals surface area contributed by atoms with Crippen LogP contribution < -0.4 is 0 Å². The van der Waals surface area contributed by atoms with Gasteiger partial charge in [-0.2, -0.15) is 0 Å². The van der Waals surface area contributed by atoms with E-state index >= 15 is 0 Å². The Morgan fingerprint density at radius 3 is 2.75 bits per heavy atom. The maximum Gasteiger partial charge on any atom is 0.162 e. The summed E-state index contributed by atoms with van der Waals surface area (Å²) < 4.78 is 10.3. The molecule has 0 aromatic carbocycles. The molecular formula is C8H14O4. The van der Waals surface area contributed by atoms with Crippen LogP contribution in [0, 0.1) is 5.92 Å². The fourth-order valence-electron chi connectivity index (χ4n) is 2.09. The van der Waals surface area contributed by atoms with Crippen LogP contribution >= 0.6 is 0 Å². The fourth-order valence-corrected chi connectivity index (χ4v) is 2.09. The Kier molecular flexibility index (Phi) is 1.88. The molecule has 0 aromatic rings. The van der Waals surface area contributed by atoms with Crippen molar-refractivity contribution in [3.8, 4) is 0 Å². The topological polar surface area (TPSA) is 58.9 Å². The summed E-state index contributed by atoms with van der Waals surface area (Å²) in [4.78, 5) is 0. The molecule has 0 saturated carbocycles. The van der Waals surface area contributed by atoms with Crippen LogP contribution in [-0.2, 0) is 9.47 Å². The van der Waals surface area contributed by atoms with Gasteiger partial charge in [-0.05, 0) is 6.42 Å². The van der Waals surface area contributed by atoms with Gasteiger partial charge >= 0.3 is 0 Å². The molecule has 70 valence electrons. The third-order valence-electron chi connectivity index (χ3n) is 2.78. The summed E-state index contributed by atoms with van der Waals surface area (Å²) in [6.07, 6.45) is -0.122. The summed E-state index contributed by atoms with van der Waals surface area (Å²) in [6.45, 7) is 2.45. The predicted octanol–water partition coefficient (Wildman–Crippen LogP) is -0.509. The Bertz CT molecular complexity index is 184. The minimum absolute atomic E-state index is 0.0625. The number of hydrogen-bond donors (Lipinski definition) is 2. The third kappa shape index (κ3) is 0.992. The first-order valence-corrected chi connectivity index (χ1v) is 4.31. The Morgan fingerprint density at radius 1 is 1.42 bits per heavy atom. The molecule has 0 spiro atoms. The van der Waals surface area contributed by atoms with Gasteiger partial charge in [0.2, 0.25) is 0 Å². The number of hydrogen-bond acceptors (Lipinski definition) is 4. The highest BCUT2D eigenvalue weighted by Gasteiger charge is 2.56. The second-order valence-electron chi connectivity index (χ2n) is 3.59.